The van der Waals surface area contributed by atoms with Gasteiger partial charge >= 0.3 is 0 Å². The van der Waals surface area contributed by atoms with E-state index in [9.17, 15) is 0 Å². The minimum Gasteiger partial charge on any atom is -0.381 e. The minimum absolute atomic E-state index is 0.553. The highest BCUT2D eigenvalue weighted by Gasteiger charge is 2.15. The normalized spacial score (nSPS) is 16.6. The smallest absolute Gasteiger partial charge is 0.194 e. The van der Waals surface area contributed by atoms with Crippen molar-refractivity contribution in [3.63, 3.8) is 0 Å². The minimum atomic E-state index is 0.553. The van der Waals surface area contributed by atoms with Gasteiger partial charge in [0.05, 0.1) is 0 Å². The molecule has 0 aliphatic carbocycles. The Labute approximate surface area is 139 Å². The van der Waals surface area contributed by atoms with E-state index in [1.165, 1.54) is 19.3 Å². The Morgan fingerprint density at radius 3 is 2.91 bits per heavy atom. The third-order valence-electron chi connectivity index (χ3n) is 4.32. The number of guanidine groups is 1. The molecule has 1 aliphatic heterocycles. The number of hydrogen-bond acceptors (Lipinski definition) is 4. The molecule has 0 aromatic carbocycles. The Morgan fingerprint density at radius 2 is 2.22 bits per heavy atom. The molecular weight excluding hydrogens is 292 g/mol. The summed E-state index contributed by atoms with van der Waals surface area (Å²) in [5.74, 6) is 2.61. The second-order valence-electron chi connectivity index (χ2n) is 5.97. The monoisotopic (exact) mass is 322 g/mol. The predicted octanol–water partition coefficient (Wildman–Crippen LogP) is 1.51. The average molecular weight is 322 g/mol. The van der Waals surface area contributed by atoms with Gasteiger partial charge in [-0.05, 0) is 39.0 Å². The average Bonchev–Trinajstić information content (AvgIpc) is 3.05. The third-order valence-corrected chi connectivity index (χ3v) is 4.32. The van der Waals surface area contributed by atoms with Crippen LogP contribution in [-0.4, -0.2) is 59.0 Å². The molecule has 2 heterocycles. The van der Waals surface area contributed by atoms with E-state index in [0.29, 0.717) is 6.54 Å². The van der Waals surface area contributed by atoms with Gasteiger partial charge in [0.15, 0.2) is 11.8 Å². The topological polar surface area (TPSA) is 67.6 Å². The van der Waals surface area contributed by atoms with E-state index in [1.54, 1.807) is 6.33 Å². The van der Waals surface area contributed by atoms with Crippen LogP contribution < -0.4 is 5.32 Å². The zero-order valence-electron chi connectivity index (χ0n) is 14.7. The lowest BCUT2D eigenvalue weighted by Gasteiger charge is -2.26. The summed E-state index contributed by atoms with van der Waals surface area (Å²) in [5, 5.41) is 11.5. The van der Waals surface area contributed by atoms with Crippen molar-refractivity contribution in [1.29, 1.82) is 0 Å². The Bertz CT molecular complexity index is 481. The lowest BCUT2D eigenvalue weighted by molar-refractivity contribution is 0.0625. The van der Waals surface area contributed by atoms with Crippen LogP contribution in [0.25, 0.3) is 0 Å². The molecule has 0 unspecified atom stereocenters. The largest absolute Gasteiger partial charge is 0.381 e. The van der Waals surface area contributed by atoms with Crippen molar-refractivity contribution in [2.75, 3.05) is 33.4 Å². The molecule has 0 bridgehead atoms. The van der Waals surface area contributed by atoms with Gasteiger partial charge in [-0.1, -0.05) is 0 Å². The number of aliphatic imine (C=N–C) groups is 1. The first-order valence-corrected chi connectivity index (χ1v) is 8.68. The zero-order valence-corrected chi connectivity index (χ0v) is 14.7. The van der Waals surface area contributed by atoms with E-state index in [1.807, 2.05) is 4.57 Å². The van der Waals surface area contributed by atoms with E-state index in [0.717, 1.165) is 50.5 Å². The van der Waals surface area contributed by atoms with Crippen LogP contribution in [0, 0.1) is 5.92 Å². The Balaban J connectivity index is 1.88. The lowest BCUT2D eigenvalue weighted by Crippen LogP contribution is -2.40. The van der Waals surface area contributed by atoms with Crippen LogP contribution in [0.2, 0.25) is 0 Å². The molecule has 130 valence electrons. The highest BCUT2D eigenvalue weighted by Crippen LogP contribution is 2.18. The number of hydrogen-bond donors (Lipinski definition) is 1. The molecule has 1 aromatic rings. The van der Waals surface area contributed by atoms with Crippen molar-refractivity contribution < 1.29 is 4.74 Å². The molecule has 1 aromatic heterocycles. The first kappa shape index (κ1) is 17.7. The van der Waals surface area contributed by atoms with E-state index < -0.39 is 0 Å². The lowest BCUT2D eigenvalue weighted by atomic mass is 9.96. The SMILES string of the molecule is CCNC(=NCc1nncn1CC)N(C)CCC1CCOCC1. The molecule has 0 saturated carbocycles. The summed E-state index contributed by atoms with van der Waals surface area (Å²) in [6, 6.07) is 0. The highest BCUT2D eigenvalue weighted by molar-refractivity contribution is 5.79. The van der Waals surface area contributed by atoms with Crippen molar-refractivity contribution in [3.05, 3.63) is 12.2 Å². The summed E-state index contributed by atoms with van der Waals surface area (Å²) in [4.78, 5) is 6.93. The van der Waals surface area contributed by atoms with Gasteiger partial charge in [-0.25, -0.2) is 4.99 Å². The predicted molar refractivity (Wildman–Crippen MR) is 91.3 cm³/mol. The fraction of sp³-hybridized carbons (Fsp3) is 0.812. The van der Waals surface area contributed by atoms with Crippen LogP contribution in [0.5, 0.6) is 0 Å². The van der Waals surface area contributed by atoms with E-state index in [-0.39, 0.29) is 0 Å². The number of ether oxygens (including phenoxy) is 1. The number of nitrogens with one attached hydrogen (secondary N) is 1. The Kier molecular flexibility index (Phi) is 7.32. The molecule has 0 spiro atoms. The van der Waals surface area contributed by atoms with E-state index in [4.69, 9.17) is 9.73 Å². The van der Waals surface area contributed by atoms with Gasteiger partial charge < -0.3 is 19.5 Å². The van der Waals surface area contributed by atoms with Gasteiger partial charge in [-0.2, -0.15) is 0 Å². The standard InChI is InChI=1S/C16H30N6O/c1-4-17-16(18-12-15-20-19-13-22(15)5-2)21(3)9-6-14-7-10-23-11-8-14/h13-14H,4-12H2,1-3H3,(H,17,18). The molecule has 1 aliphatic rings. The maximum absolute atomic E-state index is 5.43. The van der Waals surface area contributed by atoms with Crippen molar-refractivity contribution in [2.24, 2.45) is 10.9 Å². The van der Waals surface area contributed by atoms with Gasteiger partial charge in [0, 0.05) is 39.9 Å². The van der Waals surface area contributed by atoms with Crippen LogP contribution in [0.4, 0.5) is 0 Å². The molecule has 0 amide bonds. The van der Waals surface area contributed by atoms with Crippen LogP contribution in [0.1, 0.15) is 38.9 Å². The summed E-state index contributed by atoms with van der Waals surface area (Å²) in [6.45, 7) is 9.30. The maximum Gasteiger partial charge on any atom is 0.194 e. The van der Waals surface area contributed by atoms with Gasteiger partial charge in [-0.15, -0.1) is 10.2 Å². The zero-order chi connectivity index (χ0) is 16.5. The van der Waals surface area contributed by atoms with Gasteiger partial charge in [0.25, 0.3) is 0 Å². The number of aromatic nitrogens is 3. The molecule has 7 nitrogen and oxygen atoms in total. The van der Waals surface area contributed by atoms with Crippen LogP contribution in [0.3, 0.4) is 0 Å². The second-order valence-corrected chi connectivity index (χ2v) is 5.97. The van der Waals surface area contributed by atoms with Crippen LogP contribution >= 0.6 is 0 Å². The van der Waals surface area contributed by atoms with E-state index >= 15 is 0 Å². The molecule has 1 N–H and O–H groups in total. The first-order valence-electron chi connectivity index (χ1n) is 8.68. The number of nitrogens with zero attached hydrogens (tertiary/aromatic N) is 5. The van der Waals surface area contributed by atoms with Gasteiger partial charge in [0.2, 0.25) is 0 Å². The van der Waals surface area contributed by atoms with E-state index in [2.05, 4.69) is 41.3 Å². The van der Waals surface area contributed by atoms with Crippen LogP contribution in [0.15, 0.2) is 11.3 Å². The maximum atomic E-state index is 5.43. The van der Waals surface area contributed by atoms with Crippen molar-refractivity contribution in [1.82, 2.24) is 25.0 Å². The van der Waals surface area contributed by atoms with Crippen molar-refractivity contribution >= 4 is 5.96 Å². The molecule has 7 heteroatoms. The molecule has 0 radical (unpaired) electrons. The van der Waals surface area contributed by atoms with Gasteiger partial charge in [0.1, 0.15) is 12.9 Å². The summed E-state index contributed by atoms with van der Waals surface area (Å²) in [5.41, 5.74) is 0. The fourth-order valence-electron chi connectivity index (χ4n) is 2.80. The molecule has 0 atom stereocenters. The Morgan fingerprint density at radius 1 is 1.43 bits per heavy atom. The van der Waals surface area contributed by atoms with Crippen molar-refractivity contribution in [2.45, 2.75) is 46.2 Å². The summed E-state index contributed by atoms with van der Waals surface area (Å²) in [6.07, 6.45) is 5.31. The number of aryl methyl sites for hydroxylation is 1. The van der Waals surface area contributed by atoms with Crippen molar-refractivity contribution in [3.8, 4) is 0 Å². The first-order chi connectivity index (χ1) is 11.2. The third kappa shape index (κ3) is 5.49. The molecule has 23 heavy (non-hydrogen) atoms. The summed E-state index contributed by atoms with van der Waals surface area (Å²) >= 11 is 0. The fourth-order valence-corrected chi connectivity index (χ4v) is 2.80. The number of rotatable bonds is 7. The van der Waals surface area contributed by atoms with Crippen LogP contribution in [-0.2, 0) is 17.8 Å². The molecule has 1 fully saturated rings. The second kappa shape index (κ2) is 9.50. The summed E-state index contributed by atoms with van der Waals surface area (Å²) < 4.78 is 7.45. The highest BCUT2D eigenvalue weighted by atomic mass is 16.5. The van der Waals surface area contributed by atoms with Gasteiger partial charge in [-0.3, -0.25) is 0 Å². The molecular formula is C16H30N6O. The molecule has 1 saturated heterocycles. The quantitative estimate of drug-likeness (QED) is 0.609. The summed E-state index contributed by atoms with van der Waals surface area (Å²) in [7, 11) is 2.10. The Hall–Kier alpha value is -1.63. The molecule has 2 rings (SSSR count).